The lowest BCUT2D eigenvalue weighted by Crippen LogP contribution is -2.14. The third-order valence-corrected chi connectivity index (χ3v) is 10.7. The molecule has 0 aliphatic rings. The van der Waals surface area contributed by atoms with Gasteiger partial charge in [0.1, 0.15) is 60.9 Å². The largest absolute Gasteiger partial charge is 0.508 e. The molecule has 0 aliphatic carbocycles. The lowest BCUT2D eigenvalue weighted by molar-refractivity contribution is -0.145. The fourth-order valence-corrected chi connectivity index (χ4v) is 6.60. The molecule has 0 bridgehead atoms. The van der Waals surface area contributed by atoms with E-state index in [0.717, 1.165) is 40.0 Å². The first-order chi connectivity index (χ1) is 39.5. The number of ether oxygens (including phenoxy) is 11. The molecule has 6 aromatic carbocycles. The van der Waals surface area contributed by atoms with Crippen LogP contribution in [0.25, 0.3) is 22.3 Å². The van der Waals surface area contributed by atoms with Gasteiger partial charge in [-0.15, -0.1) is 23.2 Å². The number of benzene rings is 6. The molecule has 0 radical (unpaired) electrons. The van der Waals surface area contributed by atoms with Gasteiger partial charge in [0.25, 0.3) is 0 Å². The van der Waals surface area contributed by atoms with Crippen molar-refractivity contribution in [1.82, 2.24) is 0 Å². The van der Waals surface area contributed by atoms with Crippen LogP contribution in [0.1, 0.15) is 33.6 Å². The van der Waals surface area contributed by atoms with Crippen molar-refractivity contribution >= 4 is 66.8 Å². The van der Waals surface area contributed by atoms with Crippen LogP contribution >= 0.6 is 33.9 Å². The van der Waals surface area contributed by atoms with Crippen LogP contribution in [0.4, 0.5) is 0 Å². The van der Waals surface area contributed by atoms with Crippen molar-refractivity contribution in [3.8, 4) is 56.8 Å². The van der Waals surface area contributed by atoms with E-state index in [4.69, 9.17) is 85.5 Å². The SMILES string of the molecule is COc1ccc(-c2ccc(O)cc2)cc1.COc1ccc(-c2ccc(OC(=O)c3ccc(OCCOCCOCCOC(=O)CCCl)cc3)cc2)cc1.CS(=O)(=O)Cl.O=C(CCCl)OCCOCCOCCOc1ccc(C(=O)O)cc1. The van der Waals surface area contributed by atoms with E-state index in [2.05, 4.69) is 10.7 Å². The number of carbonyl (C=O) groups excluding carboxylic acids is 3. The number of rotatable bonds is 31. The number of halogens is 3. The molecule has 0 saturated carbocycles. The van der Waals surface area contributed by atoms with E-state index in [1.807, 2.05) is 72.8 Å². The first kappa shape index (κ1) is 69.1. The van der Waals surface area contributed by atoms with Crippen molar-refractivity contribution in [2.24, 2.45) is 0 Å². The molecule has 6 rings (SSSR count). The second kappa shape index (κ2) is 40.9. The molecule has 0 fully saturated rings. The van der Waals surface area contributed by atoms with E-state index < -0.39 is 21.0 Å². The number of carboxylic acids is 1. The third-order valence-electron chi connectivity index (χ3n) is 10.3. The highest BCUT2D eigenvalue weighted by Crippen LogP contribution is 2.26. The molecule has 0 atom stereocenters. The molecular weight excluding hydrogens is 1150 g/mol. The number of esters is 3. The number of aromatic carboxylic acids is 1. The number of carboxylic acid groups (broad SMARTS) is 1. The number of methoxy groups -OCH3 is 2. The van der Waals surface area contributed by atoms with E-state index in [0.29, 0.717) is 88.9 Å². The third kappa shape index (κ3) is 31.7. The molecule has 19 nitrogen and oxygen atoms in total. The van der Waals surface area contributed by atoms with Crippen molar-refractivity contribution < 1.29 is 89.9 Å². The van der Waals surface area contributed by atoms with Gasteiger partial charge in [0.2, 0.25) is 9.05 Å². The summed E-state index contributed by atoms with van der Waals surface area (Å²) in [6.07, 6.45) is 1.32. The van der Waals surface area contributed by atoms with Crippen LogP contribution in [-0.4, -0.2) is 154 Å². The minimum Gasteiger partial charge on any atom is -0.508 e. The summed E-state index contributed by atoms with van der Waals surface area (Å²) in [6.45, 7) is 4.03. The van der Waals surface area contributed by atoms with Crippen LogP contribution in [0, 0.1) is 0 Å². The lowest BCUT2D eigenvalue weighted by atomic mass is 10.1. The molecular formula is C59H67Cl3O19S. The Morgan fingerprint density at radius 3 is 1.05 bits per heavy atom. The lowest BCUT2D eigenvalue weighted by Gasteiger charge is -2.09. The second-order valence-corrected chi connectivity index (χ2v) is 20.2. The highest BCUT2D eigenvalue weighted by Gasteiger charge is 2.10. The molecule has 6 aromatic rings. The van der Waals surface area contributed by atoms with E-state index in [1.54, 1.807) is 74.9 Å². The van der Waals surface area contributed by atoms with Gasteiger partial charge >= 0.3 is 23.9 Å². The van der Waals surface area contributed by atoms with Gasteiger partial charge in [-0.05, 0) is 119 Å². The first-order valence-electron chi connectivity index (χ1n) is 25.2. The van der Waals surface area contributed by atoms with Gasteiger partial charge in [0, 0.05) is 22.4 Å². The molecule has 2 N–H and O–H groups in total. The van der Waals surface area contributed by atoms with Crippen LogP contribution in [0.2, 0.25) is 0 Å². The van der Waals surface area contributed by atoms with Crippen LogP contribution in [0.15, 0.2) is 146 Å². The van der Waals surface area contributed by atoms with Crippen LogP contribution in [-0.2, 0) is 47.1 Å². The summed E-state index contributed by atoms with van der Waals surface area (Å²) < 4.78 is 76.7. The highest BCUT2D eigenvalue weighted by molar-refractivity contribution is 8.13. The summed E-state index contributed by atoms with van der Waals surface area (Å²) in [4.78, 5) is 45.3. The van der Waals surface area contributed by atoms with Crippen molar-refractivity contribution in [3.63, 3.8) is 0 Å². The van der Waals surface area contributed by atoms with Gasteiger partial charge in [-0.2, -0.15) is 0 Å². The predicted octanol–water partition coefficient (Wildman–Crippen LogP) is 10.4. The molecule has 444 valence electrons. The summed E-state index contributed by atoms with van der Waals surface area (Å²) in [6, 6.07) is 42.9. The number of alkyl halides is 2. The Kier molecular flexibility index (Phi) is 34.5. The van der Waals surface area contributed by atoms with Crippen molar-refractivity contribution in [2.45, 2.75) is 12.8 Å². The molecule has 0 aliphatic heterocycles. The number of aromatic hydroxyl groups is 1. The molecule has 0 unspecified atom stereocenters. The zero-order chi connectivity index (χ0) is 59.8. The highest BCUT2D eigenvalue weighted by atomic mass is 35.7. The van der Waals surface area contributed by atoms with Gasteiger partial charge in [-0.1, -0.05) is 48.5 Å². The fraction of sp³-hybridized carbons (Fsp3) is 0.322. The van der Waals surface area contributed by atoms with Crippen LogP contribution in [0.5, 0.6) is 34.5 Å². The summed E-state index contributed by atoms with van der Waals surface area (Å²) in [5, 5.41) is 17.9. The van der Waals surface area contributed by atoms with Gasteiger partial charge < -0.3 is 62.3 Å². The maximum Gasteiger partial charge on any atom is 0.343 e. The Hall–Kier alpha value is -7.14. The molecule has 0 amide bonds. The monoisotopic (exact) mass is 1220 g/mol. The Morgan fingerprint density at radius 1 is 0.427 bits per heavy atom. The zero-order valence-electron chi connectivity index (χ0n) is 45.5. The minimum atomic E-state index is -3.19. The van der Waals surface area contributed by atoms with E-state index in [-0.39, 0.29) is 61.1 Å². The average molecular weight is 1220 g/mol. The summed E-state index contributed by atoms with van der Waals surface area (Å²) in [7, 11) is 4.59. The Labute approximate surface area is 492 Å². The Morgan fingerprint density at radius 2 is 0.720 bits per heavy atom. The summed E-state index contributed by atoms with van der Waals surface area (Å²) in [5.74, 6) is 1.98. The second-order valence-electron chi connectivity index (χ2n) is 16.4. The zero-order valence-corrected chi connectivity index (χ0v) is 48.6. The van der Waals surface area contributed by atoms with E-state index in [9.17, 15) is 27.6 Å². The molecule has 82 heavy (non-hydrogen) atoms. The molecule has 0 saturated heterocycles. The topological polar surface area (TPSA) is 244 Å². The predicted molar refractivity (Wildman–Crippen MR) is 311 cm³/mol. The molecule has 23 heteroatoms. The minimum absolute atomic E-state index is 0.193. The van der Waals surface area contributed by atoms with Crippen molar-refractivity contribution in [2.75, 3.05) is 112 Å². The van der Waals surface area contributed by atoms with Gasteiger partial charge in [0.15, 0.2) is 0 Å². The normalized spacial score (nSPS) is 10.5. The maximum absolute atomic E-state index is 12.5. The Bertz CT molecular complexity index is 2830. The quantitative estimate of drug-likeness (QED) is 0.0135. The van der Waals surface area contributed by atoms with Gasteiger partial charge in [0.05, 0.1) is 97.3 Å². The van der Waals surface area contributed by atoms with Crippen LogP contribution < -0.4 is 23.7 Å². The number of phenols is 1. The number of hydrogen-bond acceptors (Lipinski definition) is 18. The molecule has 0 aromatic heterocycles. The average Bonchev–Trinajstić information content (AvgIpc) is 3.50. The van der Waals surface area contributed by atoms with Crippen molar-refractivity contribution in [3.05, 3.63) is 157 Å². The van der Waals surface area contributed by atoms with E-state index >= 15 is 0 Å². The first-order valence-corrected chi connectivity index (χ1v) is 29.0. The Balaban J connectivity index is 0.000000339. The summed E-state index contributed by atoms with van der Waals surface area (Å²) in [5.41, 5.74) is 4.86. The van der Waals surface area contributed by atoms with E-state index in [1.165, 1.54) is 12.1 Å². The number of phenolic OH excluding ortho intramolecular Hbond substituents is 1. The maximum atomic E-state index is 12.5. The number of carbonyl (C=O) groups is 4. The fourth-order valence-electron chi connectivity index (χ4n) is 6.29. The van der Waals surface area contributed by atoms with Crippen molar-refractivity contribution in [1.29, 1.82) is 0 Å². The smallest absolute Gasteiger partial charge is 0.343 e. The van der Waals surface area contributed by atoms with Gasteiger partial charge in [-0.3, -0.25) is 9.59 Å². The molecule has 0 heterocycles. The van der Waals surface area contributed by atoms with Gasteiger partial charge in [-0.25, -0.2) is 18.0 Å². The molecule has 0 spiro atoms. The number of hydrogen-bond donors (Lipinski definition) is 2. The standard InChI is InChI=1S/C29H31ClO8.C16H21ClO7.C13H12O2.CH3ClO2S/c1-33-25-8-2-22(3-9-25)23-4-12-27(13-5-23)38-29(32)24-6-10-26(11-7-24)36-20-18-34-16-17-35-19-21-37-28(31)14-15-30;17-6-5-15(18)24-12-10-22-8-7-21-9-11-23-14-3-1-13(2-4-14)16(19)20;1-15-13-8-4-11(5-9-13)10-2-6-12(14)7-3-10;1-5(2,3)4/h2-13H,14-21H2,1H3;1-4H,5-12H2,(H,19,20);2-9,14H,1H3;1H3. The van der Waals surface area contributed by atoms with Crippen LogP contribution in [0.3, 0.4) is 0 Å². The summed E-state index contributed by atoms with van der Waals surface area (Å²) >= 11 is 10.8.